The number of aromatic nitrogens is 1. The maximum atomic E-state index is 14.2. The van der Waals surface area contributed by atoms with E-state index >= 15 is 0 Å². The van der Waals surface area contributed by atoms with Gasteiger partial charge in [0.2, 0.25) is 5.91 Å². The van der Waals surface area contributed by atoms with Gasteiger partial charge in [-0.3, -0.25) is 4.79 Å². The molecule has 2 aromatic rings. The van der Waals surface area contributed by atoms with Crippen molar-refractivity contribution in [2.75, 3.05) is 23.3 Å². The quantitative estimate of drug-likeness (QED) is 0.873. The van der Waals surface area contributed by atoms with Crippen LogP contribution in [-0.2, 0) is 11.2 Å². The zero-order chi connectivity index (χ0) is 18.8. The molecular weight excluding hydrogens is 347 g/mol. The molecule has 1 aromatic heterocycles. The first kappa shape index (κ1) is 17.5. The van der Waals surface area contributed by atoms with Crippen LogP contribution in [0.25, 0.3) is 0 Å². The Bertz CT molecular complexity index is 876. The maximum Gasteiger partial charge on any atom is 0.228 e. The summed E-state index contributed by atoms with van der Waals surface area (Å²) in [5, 5.41) is 15.6. The number of halogens is 1. The van der Waals surface area contributed by atoms with Crippen LogP contribution < -0.4 is 10.2 Å². The molecule has 0 radical (unpaired) electrons. The van der Waals surface area contributed by atoms with Crippen LogP contribution in [0.3, 0.4) is 0 Å². The van der Waals surface area contributed by atoms with E-state index in [0.717, 1.165) is 12.2 Å². The highest BCUT2D eigenvalue weighted by molar-refractivity contribution is 5.91. The summed E-state index contributed by atoms with van der Waals surface area (Å²) in [5.74, 6) is 1.39. The fraction of sp³-hybridized carbons (Fsp3) is 0.450. The minimum atomic E-state index is -0.400. The third-order valence-electron chi connectivity index (χ3n) is 5.28. The van der Waals surface area contributed by atoms with Gasteiger partial charge in [-0.1, -0.05) is 5.16 Å². The third-order valence-corrected chi connectivity index (χ3v) is 5.28. The van der Waals surface area contributed by atoms with Crippen LogP contribution in [0.15, 0.2) is 28.8 Å². The summed E-state index contributed by atoms with van der Waals surface area (Å²) in [5.41, 5.74) is 0.785. The third kappa shape index (κ3) is 4.11. The molecule has 1 amide bonds. The van der Waals surface area contributed by atoms with Gasteiger partial charge in [-0.15, -0.1) is 0 Å². The number of benzene rings is 1. The van der Waals surface area contributed by atoms with Crippen LogP contribution in [0.2, 0.25) is 0 Å². The van der Waals surface area contributed by atoms with Crippen molar-refractivity contribution >= 4 is 17.4 Å². The van der Waals surface area contributed by atoms with Gasteiger partial charge in [0.15, 0.2) is 5.82 Å². The molecule has 1 aliphatic heterocycles. The molecule has 1 saturated heterocycles. The van der Waals surface area contributed by atoms with E-state index in [2.05, 4.69) is 10.5 Å². The molecule has 1 aliphatic carbocycles. The molecule has 1 aromatic carbocycles. The lowest BCUT2D eigenvalue weighted by atomic mass is 9.95. The average molecular weight is 368 g/mol. The Hall–Kier alpha value is -2.88. The minimum Gasteiger partial charge on any atom is -0.369 e. The number of nitrogens with zero attached hydrogens (tertiary/aromatic N) is 3. The zero-order valence-electron chi connectivity index (χ0n) is 14.9. The summed E-state index contributed by atoms with van der Waals surface area (Å²) in [7, 11) is 0. The van der Waals surface area contributed by atoms with Crippen LogP contribution in [0.1, 0.15) is 37.0 Å². The topological polar surface area (TPSA) is 82.2 Å². The molecule has 0 bridgehead atoms. The Morgan fingerprint density at radius 2 is 2.07 bits per heavy atom. The average Bonchev–Trinajstić information content (AvgIpc) is 3.39. The Morgan fingerprint density at radius 3 is 2.74 bits per heavy atom. The van der Waals surface area contributed by atoms with Crippen LogP contribution in [-0.4, -0.2) is 24.2 Å². The van der Waals surface area contributed by atoms with E-state index in [4.69, 9.17) is 9.78 Å². The summed E-state index contributed by atoms with van der Waals surface area (Å²) in [6, 6.07) is 8.23. The second-order valence-corrected chi connectivity index (χ2v) is 7.35. The molecule has 140 valence electrons. The molecule has 6 nitrogen and oxygen atoms in total. The minimum absolute atomic E-state index is 0.0683. The number of anilines is 2. The molecular formula is C20H21FN4O2. The summed E-state index contributed by atoms with van der Waals surface area (Å²) in [6.45, 7) is 1.18. The predicted molar refractivity (Wildman–Crippen MR) is 97.6 cm³/mol. The number of rotatable bonds is 5. The smallest absolute Gasteiger partial charge is 0.228 e. The van der Waals surface area contributed by atoms with Crippen molar-refractivity contribution in [3.63, 3.8) is 0 Å². The van der Waals surface area contributed by atoms with E-state index < -0.39 is 5.82 Å². The van der Waals surface area contributed by atoms with Crippen molar-refractivity contribution < 1.29 is 13.7 Å². The fourth-order valence-electron chi connectivity index (χ4n) is 3.52. The molecule has 0 atom stereocenters. The van der Waals surface area contributed by atoms with E-state index in [9.17, 15) is 9.18 Å². The van der Waals surface area contributed by atoms with Crippen molar-refractivity contribution in [1.29, 1.82) is 5.26 Å². The molecule has 27 heavy (non-hydrogen) atoms. The molecule has 0 unspecified atom stereocenters. The second-order valence-electron chi connectivity index (χ2n) is 7.35. The van der Waals surface area contributed by atoms with Crippen molar-refractivity contribution in [3.8, 4) is 6.07 Å². The molecule has 4 rings (SSSR count). The summed E-state index contributed by atoms with van der Waals surface area (Å²) < 4.78 is 19.4. The van der Waals surface area contributed by atoms with Crippen molar-refractivity contribution in [2.45, 2.75) is 32.1 Å². The summed E-state index contributed by atoms with van der Waals surface area (Å²) in [6.07, 6.45) is 4.63. The molecule has 2 aliphatic rings. The van der Waals surface area contributed by atoms with E-state index in [1.807, 2.05) is 11.0 Å². The van der Waals surface area contributed by atoms with Crippen molar-refractivity contribution in [3.05, 3.63) is 41.4 Å². The molecule has 2 fully saturated rings. The first-order valence-corrected chi connectivity index (χ1v) is 9.33. The van der Waals surface area contributed by atoms with Gasteiger partial charge in [-0.25, -0.2) is 4.39 Å². The van der Waals surface area contributed by atoms with Crippen LogP contribution in [0.5, 0.6) is 0 Å². The zero-order valence-corrected chi connectivity index (χ0v) is 14.9. The number of nitriles is 1. The normalized spacial score (nSPS) is 17.6. The molecule has 1 saturated carbocycles. The van der Waals surface area contributed by atoms with Crippen LogP contribution >= 0.6 is 0 Å². The van der Waals surface area contributed by atoms with E-state index in [1.54, 1.807) is 18.2 Å². The predicted octanol–water partition coefficient (Wildman–Crippen LogP) is 3.49. The SMILES string of the molecule is N#Cc1ccc(N2CCC(C(=O)Nc3cc(CC4CC4)on3)CC2)c(F)c1. The number of amides is 1. The van der Waals surface area contributed by atoms with E-state index in [0.29, 0.717) is 48.9 Å². The largest absolute Gasteiger partial charge is 0.369 e. The number of carbonyl (C=O) groups excluding carboxylic acids is 1. The van der Waals surface area contributed by atoms with Crippen LogP contribution in [0.4, 0.5) is 15.9 Å². The summed E-state index contributed by atoms with van der Waals surface area (Å²) in [4.78, 5) is 14.4. The Balaban J connectivity index is 1.31. The first-order chi connectivity index (χ1) is 13.1. The highest BCUT2D eigenvalue weighted by Crippen LogP contribution is 2.33. The molecule has 7 heteroatoms. The second kappa shape index (κ2) is 7.39. The van der Waals surface area contributed by atoms with Crippen LogP contribution in [0, 0.1) is 29.0 Å². The monoisotopic (exact) mass is 368 g/mol. The van der Waals surface area contributed by atoms with Gasteiger partial charge >= 0.3 is 0 Å². The van der Waals surface area contributed by atoms with Gasteiger partial charge in [0.25, 0.3) is 0 Å². The summed E-state index contributed by atoms with van der Waals surface area (Å²) >= 11 is 0. The number of piperidine rings is 1. The van der Waals surface area contributed by atoms with Crippen molar-refractivity contribution in [2.24, 2.45) is 11.8 Å². The highest BCUT2D eigenvalue weighted by atomic mass is 19.1. The standard InChI is InChI=1S/C20H21FN4O2/c21-17-10-14(12-22)3-4-18(17)25-7-5-15(6-8-25)20(26)23-19-11-16(27-24-19)9-13-1-2-13/h3-4,10-11,13,15H,1-2,5-9H2,(H,23,24,26). The first-order valence-electron chi connectivity index (χ1n) is 9.33. The van der Waals surface area contributed by atoms with Gasteiger partial charge < -0.3 is 14.7 Å². The van der Waals surface area contributed by atoms with Gasteiger partial charge in [0.05, 0.1) is 17.3 Å². The Kier molecular flexibility index (Phi) is 4.80. The number of nitrogens with one attached hydrogen (secondary N) is 1. The van der Waals surface area contributed by atoms with E-state index in [1.165, 1.54) is 18.9 Å². The van der Waals surface area contributed by atoms with Gasteiger partial charge in [-0.05, 0) is 49.8 Å². The van der Waals surface area contributed by atoms with Gasteiger partial charge in [-0.2, -0.15) is 5.26 Å². The number of hydrogen-bond acceptors (Lipinski definition) is 5. The number of hydrogen-bond donors (Lipinski definition) is 1. The molecule has 1 N–H and O–H groups in total. The van der Waals surface area contributed by atoms with Gasteiger partial charge in [0.1, 0.15) is 11.6 Å². The van der Waals surface area contributed by atoms with Crippen molar-refractivity contribution in [1.82, 2.24) is 5.16 Å². The highest BCUT2D eigenvalue weighted by Gasteiger charge is 2.27. The lowest BCUT2D eigenvalue weighted by molar-refractivity contribution is -0.120. The maximum absolute atomic E-state index is 14.2. The molecule has 2 heterocycles. The fourth-order valence-corrected chi connectivity index (χ4v) is 3.52. The number of carbonyl (C=O) groups is 1. The Morgan fingerprint density at radius 1 is 1.30 bits per heavy atom. The molecule has 0 spiro atoms. The lowest BCUT2D eigenvalue weighted by Gasteiger charge is -2.33. The lowest BCUT2D eigenvalue weighted by Crippen LogP contribution is -2.38. The van der Waals surface area contributed by atoms with Gasteiger partial charge in [0, 0.05) is 31.5 Å². The Labute approximate surface area is 156 Å². The van der Waals surface area contributed by atoms with E-state index in [-0.39, 0.29) is 11.8 Å².